The van der Waals surface area contributed by atoms with Gasteiger partial charge in [-0.15, -0.1) is 24.0 Å². The summed E-state index contributed by atoms with van der Waals surface area (Å²) >= 11 is 0. The lowest BCUT2D eigenvalue weighted by Crippen LogP contribution is -2.22. The third-order valence-corrected chi connectivity index (χ3v) is 3.24. The van der Waals surface area contributed by atoms with Gasteiger partial charge in [-0.25, -0.2) is 4.99 Å². The predicted octanol–water partition coefficient (Wildman–Crippen LogP) is 4.10. The number of benzene rings is 2. The predicted molar refractivity (Wildman–Crippen MR) is 101 cm³/mol. The maximum absolute atomic E-state index is 5.92. The first kappa shape index (κ1) is 17.5. The number of aliphatic imine (C=N–C) groups is 1. The van der Waals surface area contributed by atoms with Gasteiger partial charge in [0.2, 0.25) is 0 Å². The van der Waals surface area contributed by atoms with Gasteiger partial charge in [-0.2, -0.15) is 0 Å². The number of nitrogens with zero attached hydrogens (tertiary/aromatic N) is 1. The minimum atomic E-state index is 0. The standard InChI is InChI=1S/C17H21N3.HI/c1-3-14-6-4-5-7-15(14)12-19-17(18)20-16-10-8-13(2)9-11-16;/h4-11H,3,12H2,1-2H3,(H3,18,19,20);1H. The van der Waals surface area contributed by atoms with Gasteiger partial charge in [0.25, 0.3) is 0 Å². The third kappa shape index (κ3) is 5.38. The van der Waals surface area contributed by atoms with E-state index >= 15 is 0 Å². The molecule has 3 nitrogen and oxygen atoms in total. The summed E-state index contributed by atoms with van der Waals surface area (Å²) in [4.78, 5) is 4.40. The Hall–Kier alpha value is -1.56. The Balaban J connectivity index is 0.00000220. The number of aryl methyl sites for hydroxylation is 2. The highest BCUT2D eigenvalue weighted by Crippen LogP contribution is 2.11. The highest BCUT2D eigenvalue weighted by Gasteiger charge is 1.99. The van der Waals surface area contributed by atoms with Crippen LogP contribution in [0.1, 0.15) is 23.6 Å². The molecule has 0 saturated carbocycles. The molecule has 0 amide bonds. The summed E-state index contributed by atoms with van der Waals surface area (Å²) in [5, 5.41) is 3.10. The number of guanidine groups is 1. The van der Waals surface area contributed by atoms with Crippen molar-refractivity contribution in [3.05, 3.63) is 65.2 Å². The molecule has 0 heterocycles. The molecule has 2 aromatic carbocycles. The largest absolute Gasteiger partial charge is 0.370 e. The maximum atomic E-state index is 5.92. The van der Waals surface area contributed by atoms with E-state index in [4.69, 9.17) is 5.73 Å². The monoisotopic (exact) mass is 395 g/mol. The summed E-state index contributed by atoms with van der Waals surface area (Å²) in [7, 11) is 0. The smallest absolute Gasteiger partial charge is 0.193 e. The van der Waals surface area contributed by atoms with Crippen LogP contribution in [0.15, 0.2) is 53.5 Å². The fourth-order valence-corrected chi connectivity index (χ4v) is 2.05. The van der Waals surface area contributed by atoms with Gasteiger partial charge in [0.15, 0.2) is 5.96 Å². The number of hydrogen-bond donors (Lipinski definition) is 2. The fraction of sp³-hybridized carbons (Fsp3) is 0.235. The Labute approximate surface area is 143 Å². The molecule has 0 unspecified atom stereocenters. The summed E-state index contributed by atoms with van der Waals surface area (Å²) in [6.45, 7) is 4.81. The van der Waals surface area contributed by atoms with E-state index in [0.29, 0.717) is 12.5 Å². The molecule has 0 saturated heterocycles. The molecule has 0 bridgehead atoms. The van der Waals surface area contributed by atoms with Gasteiger partial charge < -0.3 is 11.1 Å². The van der Waals surface area contributed by atoms with Gasteiger partial charge in [-0.05, 0) is 36.6 Å². The molecule has 0 aliphatic carbocycles. The molecule has 0 atom stereocenters. The van der Waals surface area contributed by atoms with Crippen molar-refractivity contribution in [2.75, 3.05) is 5.32 Å². The van der Waals surface area contributed by atoms with Crippen molar-refractivity contribution in [2.24, 2.45) is 10.7 Å². The number of nitrogens with two attached hydrogens (primary N) is 1. The summed E-state index contributed by atoms with van der Waals surface area (Å²) in [6.07, 6.45) is 1.01. The normalized spacial score (nSPS) is 10.9. The second kappa shape index (κ2) is 8.67. The average Bonchev–Trinajstić information content (AvgIpc) is 2.48. The SMILES string of the molecule is CCc1ccccc1CN=C(N)Nc1ccc(C)cc1.I. The summed E-state index contributed by atoms with van der Waals surface area (Å²) in [6, 6.07) is 16.4. The lowest BCUT2D eigenvalue weighted by Gasteiger charge is -2.08. The van der Waals surface area contributed by atoms with Crippen LogP contribution in [0.25, 0.3) is 0 Å². The molecular formula is C17H22IN3. The van der Waals surface area contributed by atoms with E-state index in [-0.39, 0.29) is 24.0 Å². The quantitative estimate of drug-likeness (QED) is 0.465. The van der Waals surface area contributed by atoms with Crippen molar-refractivity contribution in [3.8, 4) is 0 Å². The van der Waals surface area contributed by atoms with Gasteiger partial charge in [0, 0.05) is 5.69 Å². The van der Waals surface area contributed by atoms with Gasteiger partial charge in [0.05, 0.1) is 6.54 Å². The van der Waals surface area contributed by atoms with Crippen LogP contribution >= 0.6 is 24.0 Å². The number of nitrogens with one attached hydrogen (secondary N) is 1. The molecule has 3 N–H and O–H groups in total. The van der Waals surface area contributed by atoms with E-state index in [2.05, 4.69) is 42.4 Å². The Morgan fingerprint density at radius 3 is 2.29 bits per heavy atom. The molecule has 0 aromatic heterocycles. The second-order valence-corrected chi connectivity index (χ2v) is 4.81. The van der Waals surface area contributed by atoms with Crippen molar-refractivity contribution >= 4 is 35.6 Å². The van der Waals surface area contributed by atoms with Gasteiger partial charge in [-0.3, -0.25) is 0 Å². The van der Waals surface area contributed by atoms with Crippen molar-refractivity contribution < 1.29 is 0 Å². The molecule has 0 fully saturated rings. The molecular weight excluding hydrogens is 373 g/mol. The maximum Gasteiger partial charge on any atom is 0.193 e. The van der Waals surface area contributed by atoms with Crippen molar-refractivity contribution in [1.29, 1.82) is 0 Å². The minimum absolute atomic E-state index is 0. The highest BCUT2D eigenvalue weighted by atomic mass is 127. The summed E-state index contributed by atoms with van der Waals surface area (Å²) in [5.74, 6) is 0.444. The van der Waals surface area contributed by atoms with Crippen molar-refractivity contribution in [3.63, 3.8) is 0 Å². The lowest BCUT2D eigenvalue weighted by molar-refractivity contribution is 0.998. The highest BCUT2D eigenvalue weighted by molar-refractivity contribution is 14.0. The lowest BCUT2D eigenvalue weighted by atomic mass is 10.1. The Bertz CT molecular complexity index is 591. The van der Waals surface area contributed by atoms with Crippen molar-refractivity contribution in [1.82, 2.24) is 0 Å². The molecule has 21 heavy (non-hydrogen) atoms. The Kier molecular flexibility index (Phi) is 7.22. The molecule has 4 heteroatoms. The van der Waals surface area contributed by atoms with Crippen LogP contribution in [0.3, 0.4) is 0 Å². The molecule has 2 aromatic rings. The zero-order valence-corrected chi connectivity index (χ0v) is 14.8. The van der Waals surface area contributed by atoms with Gasteiger partial charge in [0.1, 0.15) is 0 Å². The fourth-order valence-electron chi connectivity index (χ4n) is 2.05. The number of hydrogen-bond acceptors (Lipinski definition) is 1. The van der Waals surface area contributed by atoms with E-state index in [1.54, 1.807) is 0 Å². The van der Waals surface area contributed by atoms with Gasteiger partial charge >= 0.3 is 0 Å². The number of rotatable bonds is 4. The zero-order chi connectivity index (χ0) is 14.4. The van der Waals surface area contributed by atoms with E-state index in [1.807, 2.05) is 30.3 Å². The van der Waals surface area contributed by atoms with E-state index in [0.717, 1.165) is 12.1 Å². The molecule has 112 valence electrons. The summed E-state index contributed by atoms with van der Waals surface area (Å²) in [5.41, 5.74) is 10.7. The number of halogens is 1. The number of anilines is 1. The van der Waals surface area contributed by atoms with Gasteiger partial charge in [-0.1, -0.05) is 48.9 Å². The molecule has 0 spiro atoms. The molecule has 0 aliphatic rings. The molecule has 2 rings (SSSR count). The first-order valence-corrected chi connectivity index (χ1v) is 6.89. The van der Waals surface area contributed by atoms with Crippen LogP contribution in [-0.4, -0.2) is 5.96 Å². The Morgan fingerprint density at radius 2 is 1.67 bits per heavy atom. The first-order valence-electron chi connectivity index (χ1n) is 6.89. The van der Waals surface area contributed by atoms with Crippen LogP contribution in [-0.2, 0) is 13.0 Å². The molecule has 0 radical (unpaired) electrons. The third-order valence-electron chi connectivity index (χ3n) is 3.24. The van der Waals surface area contributed by atoms with E-state index in [9.17, 15) is 0 Å². The topological polar surface area (TPSA) is 50.4 Å². The summed E-state index contributed by atoms with van der Waals surface area (Å²) < 4.78 is 0. The van der Waals surface area contributed by atoms with Crippen LogP contribution in [0.2, 0.25) is 0 Å². The molecule has 0 aliphatic heterocycles. The van der Waals surface area contributed by atoms with Crippen LogP contribution in [0.5, 0.6) is 0 Å². The van der Waals surface area contributed by atoms with Crippen molar-refractivity contribution in [2.45, 2.75) is 26.8 Å². The minimum Gasteiger partial charge on any atom is -0.370 e. The average molecular weight is 395 g/mol. The van der Waals surface area contributed by atoms with Crippen LogP contribution in [0, 0.1) is 6.92 Å². The first-order chi connectivity index (χ1) is 9.69. The van der Waals surface area contributed by atoms with E-state index < -0.39 is 0 Å². The van der Waals surface area contributed by atoms with E-state index in [1.165, 1.54) is 16.7 Å². The van der Waals surface area contributed by atoms with Crippen LogP contribution in [0.4, 0.5) is 5.69 Å². The second-order valence-electron chi connectivity index (χ2n) is 4.81. The zero-order valence-electron chi connectivity index (χ0n) is 12.5. The Morgan fingerprint density at radius 1 is 1.05 bits per heavy atom. The van der Waals surface area contributed by atoms with Crippen LogP contribution < -0.4 is 11.1 Å².